The molecular weight excluding hydrogens is 354 g/mol. The second-order valence-corrected chi connectivity index (χ2v) is 5.46. The molecule has 0 saturated carbocycles. The lowest BCUT2D eigenvalue weighted by molar-refractivity contribution is 0.102. The molecule has 2 aromatic carbocycles. The molecule has 0 aliphatic rings. The third kappa shape index (κ3) is 4.75. The van der Waals surface area contributed by atoms with E-state index in [1.807, 2.05) is 6.92 Å². The van der Waals surface area contributed by atoms with Gasteiger partial charge in [-0.1, -0.05) is 0 Å². The summed E-state index contributed by atoms with van der Waals surface area (Å²) in [5, 5.41) is 5.46. The summed E-state index contributed by atoms with van der Waals surface area (Å²) in [6.07, 6.45) is 2.66. The first-order valence-corrected chi connectivity index (χ1v) is 8.13. The number of aromatic nitrogens is 2. The smallest absolute Gasteiger partial charge is 0.258 e. The molecule has 0 radical (unpaired) electrons. The van der Waals surface area contributed by atoms with Gasteiger partial charge in [0.1, 0.15) is 5.75 Å². The molecule has 138 valence electrons. The highest BCUT2D eigenvalue weighted by Crippen LogP contribution is 2.18. The number of benzene rings is 2. The molecule has 2 N–H and O–H groups in total. The number of amides is 1. The fourth-order valence-electron chi connectivity index (χ4n) is 2.22. The largest absolute Gasteiger partial charge is 0.494 e. The minimum Gasteiger partial charge on any atom is -0.494 e. The molecule has 3 aromatic rings. The number of ether oxygens (including phenoxy) is 1. The van der Waals surface area contributed by atoms with Gasteiger partial charge in [0.2, 0.25) is 5.95 Å². The molecule has 1 amide bonds. The lowest BCUT2D eigenvalue weighted by Crippen LogP contribution is -2.13. The normalized spacial score (nSPS) is 10.3. The van der Waals surface area contributed by atoms with Gasteiger partial charge in [0.15, 0.2) is 11.6 Å². The predicted molar refractivity (Wildman–Crippen MR) is 97.2 cm³/mol. The van der Waals surface area contributed by atoms with Crippen molar-refractivity contribution in [2.24, 2.45) is 0 Å². The zero-order chi connectivity index (χ0) is 19.2. The number of rotatable bonds is 6. The van der Waals surface area contributed by atoms with E-state index in [4.69, 9.17) is 4.74 Å². The highest BCUT2D eigenvalue weighted by Gasteiger charge is 2.09. The highest BCUT2D eigenvalue weighted by molar-refractivity contribution is 6.03. The topological polar surface area (TPSA) is 76.1 Å². The van der Waals surface area contributed by atoms with Crippen LogP contribution in [-0.2, 0) is 0 Å². The molecule has 0 spiro atoms. The van der Waals surface area contributed by atoms with Crippen LogP contribution in [0.2, 0.25) is 0 Å². The summed E-state index contributed by atoms with van der Waals surface area (Å²) in [5.41, 5.74) is 1.15. The molecule has 0 unspecified atom stereocenters. The summed E-state index contributed by atoms with van der Waals surface area (Å²) in [6, 6.07) is 10.3. The number of hydrogen-bond acceptors (Lipinski definition) is 5. The number of carbonyl (C=O) groups excluding carboxylic acids is 1. The Balaban J connectivity index is 1.63. The zero-order valence-corrected chi connectivity index (χ0v) is 14.4. The van der Waals surface area contributed by atoms with Gasteiger partial charge in [-0.25, -0.2) is 18.7 Å². The van der Waals surface area contributed by atoms with Gasteiger partial charge in [-0.15, -0.1) is 0 Å². The monoisotopic (exact) mass is 370 g/mol. The van der Waals surface area contributed by atoms with Crippen LogP contribution in [-0.4, -0.2) is 22.5 Å². The summed E-state index contributed by atoms with van der Waals surface area (Å²) in [5.74, 6) is -1.43. The molecule has 6 nitrogen and oxygen atoms in total. The molecule has 0 saturated heterocycles. The Hall–Kier alpha value is -3.55. The molecule has 0 aliphatic heterocycles. The number of anilines is 3. The van der Waals surface area contributed by atoms with Crippen LogP contribution in [0.25, 0.3) is 0 Å². The SMILES string of the molecule is CCOc1ccc(NC(=O)c2cnc(Nc3ccc(F)c(F)c3)nc2)cc1. The average Bonchev–Trinajstić information content (AvgIpc) is 2.67. The Bertz CT molecular complexity index is 931. The van der Waals surface area contributed by atoms with Crippen molar-refractivity contribution in [1.82, 2.24) is 9.97 Å². The van der Waals surface area contributed by atoms with E-state index in [0.29, 0.717) is 23.7 Å². The third-order valence-electron chi connectivity index (χ3n) is 3.51. The molecule has 8 heteroatoms. The predicted octanol–water partition coefficient (Wildman–Crippen LogP) is 4.15. The van der Waals surface area contributed by atoms with Crippen LogP contribution in [0.5, 0.6) is 5.75 Å². The van der Waals surface area contributed by atoms with E-state index in [1.165, 1.54) is 18.5 Å². The summed E-state index contributed by atoms with van der Waals surface area (Å²) in [6.45, 7) is 2.45. The Morgan fingerprint density at radius 2 is 1.67 bits per heavy atom. The van der Waals surface area contributed by atoms with Crippen LogP contribution in [0.1, 0.15) is 17.3 Å². The Kier molecular flexibility index (Phi) is 5.55. The van der Waals surface area contributed by atoms with E-state index in [9.17, 15) is 13.6 Å². The second-order valence-electron chi connectivity index (χ2n) is 5.46. The Labute approximate surface area is 154 Å². The quantitative estimate of drug-likeness (QED) is 0.682. The number of halogens is 2. The van der Waals surface area contributed by atoms with Crippen LogP contribution in [0.15, 0.2) is 54.9 Å². The number of nitrogens with one attached hydrogen (secondary N) is 2. The van der Waals surface area contributed by atoms with Crippen molar-refractivity contribution in [3.8, 4) is 5.75 Å². The van der Waals surface area contributed by atoms with Gasteiger partial charge < -0.3 is 15.4 Å². The van der Waals surface area contributed by atoms with Crippen LogP contribution in [0, 0.1) is 11.6 Å². The summed E-state index contributed by atoms with van der Waals surface area (Å²) >= 11 is 0. The van der Waals surface area contributed by atoms with Gasteiger partial charge in [0, 0.05) is 29.8 Å². The van der Waals surface area contributed by atoms with Crippen molar-refractivity contribution in [2.75, 3.05) is 17.2 Å². The Morgan fingerprint density at radius 1 is 1.00 bits per heavy atom. The number of nitrogens with zero attached hydrogens (tertiary/aromatic N) is 2. The maximum Gasteiger partial charge on any atom is 0.258 e. The van der Waals surface area contributed by atoms with E-state index in [0.717, 1.165) is 12.1 Å². The fraction of sp³-hybridized carbons (Fsp3) is 0.105. The standard InChI is InChI=1S/C19H16F2N4O2/c1-2-27-15-6-3-13(4-7-15)24-18(26)12-10-22-19(23-11-12)25-14-5-8-16(20)17(21)9-14/h3-11H,2H2,1H3,(H,24,26)(H,22,23,25). The van der Waals surface area contributed by atoms with E-state index < -0.39 is 11.6 Å². The fourth-order valence-corrected chi connectivity index (χ4v) is 2.22. The van der Waals surface area contributed by atoms with Crippen LogP contribution in [0.3, 0.4) is 0 Å². The second kappa shape index (κ2) is 8.22. The first-order chi connectivity index (χ1) is 13.0. The van der Waals surface area contributed by atoms with Gasteiger partial charge in [-0.2, -0.15) is 0 Å². The molecule has 0 bridgehead atoms. The molecule has 0 fully saturated rings. The first-order valence-electron chi connectivity index (χ1n) is 8.13. The summed E-state index contributed by atoms with van der Waals surface area (Å²) in [7, 11) is 0. The van der Waals surface area contributed by atoms with Crippen LogP contribution < -0.4 is 15.4 Å². The van der Waals surface area contributed by atoms with Crippen LogP contribution in [0.4, 0.5) is 26.1 Å². The van der Waals surface area contributed by atoms with Gasteiger partial charge >= 0.3 is 0 Å². The maximum atomic E-state index is 13.2. The zero-order valence-electron chi connectivity index (χ0n) is 14.4. The molecule has 1 heterocycles. The molecule has 27 heavy (non-hydrogen) atoms. The van der Waals surface area contributed by atoms with Crippen molar-refractivity contribution in [3.05, 3.63) is 72.1 Å². The van der Waals surface area contributed by atoms with Gasteiger partial charge in [-0.05, 0) is 43.3 Å². The van der Waals surface area contributed by atoms with Gasteiger partial charge in [-0.3, -0.25) is 4.79 Å². The van der Waals surface area contributed by atoms with Crippen LogP contribution >= 0.6 is 0 Å². The number of carbonyl (C=O) groups is 1. The lowest BCUT2D eigenvalue weighted by Gasteiger charge is -2.08. The van der Waals surface area contributed by atoms with Crippen molar-refractivity contribution in [1.29, 1.82) is 0 Å². The maximum absolute atomic E-state index is 13.2. The van der Waals surface area contributed by atoms with Crippen molar-refractivity contribution < 1.29 is 18.3 Å². The molecule has 1 aromatic heterocycles. The third-order valence-corrected chi connectivity index (χ3v) is 3.51. The minimum absolute atomic E-state index is 0.152. The van der Waals surface area contributed by atoms with Crippen molar-refractivity contribution >= 4 is 23.2 Å². The molecule has 0 atom stereocenters. The van der Waals surface area contributed by atoms with E-state index >= 15 is 0 Å². The van der Waals surface area contributed by atoms with E-state index in [1.54, 1.807) is 24.3 Å². The van der Waals surface area contributed by atoms with Crippen molar-refractivity contribution in [2.45, 2.75) is 6.92 Å². The summed E-state index contributed by atoms with van der Waals surface area (Å²) < 4.78 is 31.5. The molecule has 0 aliphatic carbocycles. The first kappa shape index (κ1) is 18.2. The molecule has 3 rings (SSSR count). The minimum atomic E-state index is -0.980. The Morgan fingerprint density at radius 3 is 2.30 bits per heavy atom. The lowest BCUT2D eigenvalue weighted by atomic mass is 10.2. The molecular formula is C19H16F2N4O2. The highest BCUT2D eigenvalue weighted by atomic mass is 19.2. The van der Waals surface area contributed by atoms with E-state index in [2.05, 4.69) is 20.6 Å². The number of hydrogen-bond donors (Lipinski definition) is 2. The van der Waals surface area contributed by atoms with Gasteiger partial charge in [0.05, 0.1) is 12.2 Å². The summed E-state index contributed by atoms with van der Waals surface area (Å²) in [4.78, 5) is 20.3. The average molecular weight is 370 g/mol. The van der Waals surface area contributed by atoms with E-state index in [-0.39, 0.29) is 17.4 Å². The van der Waals surface area contributed by atoms with Crippen molar-refractivity contribution in [3.63, 3.8) is 0 Å². The van der Waals surface area contributed by atoms with Gasteiger partial charge in [0.25, 0.3) is 5.91 Å².